The van der Waals surface area contributed by atoms with Crippen LogP contribution in [-0.2, 0) is 18.9 Å². The zero-order valence-corrected chi connectivity index (χ0v) is 15.4. The Kier molecular flexibility index (Phi) is 4.17. The molecule has 3 heterocycles. The third-order valence-corrected chi connectivity index (χ3v) is 4.43. The molecule has 1 N–H and O–H groups in total. The van der Waals surface area contributed by atoms with E-state index in [9.17, 15) is 4.79 Å². The Morgan fingerprint density at radius 2 is 1.91 bits per heavy atom. The topological polar surface area (TPSA) is 82.7 Å². The number of nitrogens with zero attached hydrogens (tertiary/aromatic N) is 1. The molecule has 2 aliphatic rings. The van der Waals surface area contributed by atoms with E-state index in [-0.39, 0.29) is 23.8 Å². The smallest absolute Gasteiger partial charge is 0.195 e. The standard InChI is InChI=1S/C15H21BrN2O5/c1-7(19)13-17-9(12(16)18-13)11-10(22-15(4,5)23-11)8-6-20-14(2,3)21-8/h8,10-11H,6H2,1-5H3,(H,17,18)/t8-,10-,11-/m1/s1. The lowest BCUT2D eigenvalue weighted by Gasteiger charge is -2.23. The number of Topliss-reactive ketones (excluding diaryl/α,β-unsaturated/α-hetero) is 1. The van der Waals surface area contributed by atoms with Crippen LogP contribution in [0.25, 0.3) is 0 Å². The van der Waals surface area contributed by atoms with Crippen molar-refractivity contribution < 1.29 is 23.7 Å². The second kappa shape index (κ2) is 5.63. The molecule has 0 aromatic carbocycles. The summed E-state index contributed by atoms with van der Waals surface area (Å²) in [7, 11) is 0. The number of aromatic nitrogens is 2. The van der Waals surface area contributed by atoms with Crippen molar-refractivity contribution >= 4 is 21.7 Å². The van der Waals surface area contributed by atoms with Gasteiger partial charge in [0.25, 0.3) is 0 Å². The van der Waals surface area contributed by atoms with Gasteiger partial charge in [-0.15, -0.1) is 0 Å². The fourth-order valence-electron chi connectivity index (χ4n) is 2.88. The van der Waals surface area contributed by atoms with E-state index in [2.05, 4.69) is 25.9 Å². The highest BCUT2D eigenvalue weighted by Gasteiger charge is 2.51. The van der Waals surface area contributed by atoms with E-state index in [1.54, 1.807) is 0 Å². The zero-order chi connectivity index (χ0) is 17.0. The summed E-state index contributed by atoms with van der Waals surface area (Å²) in [6.07, 6.45) is -1.08. The highest BCUT2D eigenvalue weighted by atomic mass is 79.9. The Bertz CT molecular complexity index is 627. The molecule has 7 nitrogen and oxygen atoms in total. The van der Waals surface area contributed by atoms with Crippen LogP contribution >= 0.6 is 15.9 Å². The molecule has 23 heavy (non-hydrogen) atoms. The maximum Gasteiger partial charge on any atom is 0.195 e. The van der Waals surface area contributed by atoms with Crippen molar-refractivity contribution in [2.75, 3.05) is 6.61 Å². The Balaban J connectivity index is 1.91. The van der Waals surface area contributed by atoms with Gasteiger partial charge in [-0.1, -0.05) is 0 Å². The fourth-order valence-corrected chi connectivity index (χ4v) is 3.38. The van der Waals surface area contributed by atoms with E-state index >= 15 is 0 Å². The number of carbonyl (C=O) groups excluding carboxylic acids is 1. The summed E-state index contributed by atoms with van der Waals surface area (Å²) in [5, 5.41) is 0. The second-order valence-electron chi connectivity index (χ2n) is 6.73. The molecule has 0 radical (unpaired) electrons. The summed E-state index contributed by atoms with van der Waals surface area (Å²) < 4.78 is 24.2. The number of nitrogens with one attached hydrogen (secondary N) is 1. The molecule has 1 aromatic rings. The molecule has 0 bridgehead atoms. The molecule has 8 heteroatoms. The molecule has 2 aliphatic heterocycles. The van der Waals surface area contributed by atoms with Crippen LogP contribution in [0.5, 0.6) is 0 Å². The number of hydrogen-bond donors (Lipinski definition) is 1. The Labute approximate surface area is 143 Å². The van der Waals surface area contributed by atoms with Crippen LogP contribution < -0.4 is 0 Å². The summed E-state index contributed by atoms with van der Waals surface area (Å²) >= 11 is 3.39. The minimum absolute atomic E-state index is 0.145. The normalized spacial score (nSPS) is 32.3. The van der Waals surface area contributed by atoms with E-state index < -0.39 is 17.7 Å². The average molecular weight is 389 g/mol. The summed E-state index contributed by atoms with van der Waals surface area (Å²) in [5.41, 5.74) is 0.666. The van der Waals surface area contributed by atoms with Crippen molar-refractivity contribution in [1.29, 1.82) is 0 Å². The van der Waals surface area contributed by atoms with E-state index in [0.29, 0.717) is 16.9 Å². The van der Waals surface area contributed by atoms with E-state index in [1.807, 2.05) is 27.7 Å². The van der Waals surface area contributed by atoms with Gasteiger partial charge in [-0.05, 0) is 43.6 Å². The molecule has 2 saturated heterocycles. The van der Waals surface area contributed by atoms with Crippen LogP contribution in [0.3, 0.4) is 0 Å². The number of rotatable bonds is 3. The van der Waals surface area contributed by atoms with E-state index in [4.69, 9.17) is 18.9 Å². The van der Waals surface area contributed by atoms with Crippen molar-refractivity contribution in [2.45, 2.75) is 64.5 Å². The summed E-state index contributed by atoms with van der Waals surface area (Å²) in [6.45, 7) is 9.29. The number of ether oxygens (including phenoxy) is 4. The second-order valence-corrected chi connectivity index (χ2v) is 7.49. The van der Waals surface area contributed by atoms with Gasteiger partial charge in [-0.25, -0.2) is 4.98 Å². The predicted molar refractivity (Wildman–Crippen MR) is 84.0 cm³/mol. The van der Waals surface area contributed by atoms with Gasteiger partial charge >= 0.3 is 0 Å². The lowest BCUT2D eigenvalue weighted by Crippen LogP contribution is -2.35. The quantitative estimate of drug-likeness (QED) is 0.801. The largest absolute Gasteiger partial charge is 0.348 e. The molecule has 3 rings (SSSR count). The van der Waals surface area contributed by atoms with Crippen LogP contribution in [0.15, 0.2) is 4.60 Å². The van der Waals surface area contributed by atoms with Gasteiger partial charge in [0.05, 0.1) is 12.3 Å². The molecule has 2 fully saturated rings. The molecular formula is C15H21BrN2O5. The maximum absolute atomic E-state index is 11.5. The van der Waals surface area contributed by atoms with Crippen molar-refractivity contribution in [3.05, 3.63) is 16.1 Å². The first-order valence-corrected chi connectivity index (χ1v) is 8.31. The Hall–Kier alpha value is -0.800. The number of halogens is 1. The van der Waals surface area contributed by atoms with Gasteiger partial charge in [-0.2, -0.15) is 0 Å². The van der Waals surface area contributed by atoms with Crippen molar-refractivity contribution in [3.8, 4) is 0 Å². The van der Waals surface area contributed by atoms with Crippen LogP contribution in [0, 0.1) is 0 Å². The van der Waals surface area contributed by atoms with Gasteiger partial charge < -0.3 is 23.9 Å². The Morgan fingerprint density at radius 3 is 2.43 bits per heavy atom. The average Bonchev–Trinajstić information content (AvgIpc) is 3.05. The van der Waals surface area contributed by atoms with Gasteiger partial charge in [0.15, 0.2) is 23.2 Å². The van der Waals surface area contributed by atoms with Gasteiger partial charge in [0, 0.05) is 6.92 Å². The lowest BCUT2D eigenvalue weighted by atomic mass is 10.1. The molecule has 0 amide bonds. The number of carbonyl (C=O) groups is 1. The number of aromatic amines is 1. The molecule has 0 saturated carbocycles. The molecule has 0 spiro atoms. The minimum atomic E-state index is -0.771. The number of imidazole rings is 1. The van der Waals surface area contributed by atoms with Crippen molar-refractivity contribution in [2.24, 2.45) is 0 Å². The predicted octanol–water partition coefficient (Wildman–Crippen LogP) is 2.72. The zero-order valence-electron chi connectivity index (χ0n) is 13.8. The van der Waals surface area contributed by atoms with Gasteiger partial charge in [-0.3, -0.25) is 4.79 Å². The summed E-state index contributed by atoms with van der Waals surface area (Å²) in [4.78, 5) is 18.8. The fraction of sp³-hybridized carbons (Fsp3) is 0.733. The highest BCUT2D eigenvalue weighted by Crippen LogP contribution is 2.43. The first kappa shape index (κ1) is 17.0. The van der Waals surface area contributed by atoms with Crippen LogP contribution in [0.2, 0.25) is 0 Å². The van der Waals surface area contributed by atoms with Crippen molar-refractivity contribution in [3.63, 3.8) is 0 Å². The van der Waals surface area contributed by atoms with Gasteiger partial charge in [0.2, 0.25) is 0 Å². The van der Waals surface area contributed by atoms with Crippen molar-refractivity contribution in [1.82, 2.24) is 9.97 Å². The van der Waals surface area contributed by atoms with Crippen LogP contribution in [0.4, 0.5) is 0 Å². The first-order valence-electron chi connectivity index (χ1n) is 7.52. The molecule has 128 valence electrons. The van der Waals surface area contributed by atoms with Crippen LogP contribution in [-0.4, -0.2) is 46.1 Å². The van der Waals surface area contributed by atoms with E-state index in [1.165, 1.54) is 6.92 Å². The number of H-pyrrole nitrogens is 1. The Morgan fingerprint density at radius 1 is 1.22 bits per heavy atom. The molecule has 3 atom stereocenters. The maximum atomic E-state index is 11.5. The monoisotopic (exact) mass is 388 g/mol. The molecular weight excluding hydrogens is 368 g/mol. The number of ketones is 1. The SMILES string of the molecule is CC(=O)c1nc(Br)c([C@H]2OC(C)(C)O[C@@H]2[C@H]2COC(C)(C)O2)[nH]1. The molecule has 0 unspecified atom stereocenters. The molecule has 1 aromatic heterocycles. The minimum Gasteiger partial charge on any atom is -0.348 e. The first-order chi connectivity index (χ1) is 10.6. The highest BCUT2D eigenvalue weighted by molar-refractivity contribution is 9.10. The third kappa shape index (κ3) is 3.36. The lowest BCUT2D eigenvalue weighted by molar-refractivity contribution is -0.174. The molecule has 0 aliphatic carbocycles. The van der Waals surface area contributed by atoms with E-state index in [0.717, 1.165) is 0 Å². The number of hydrogen-bond acceptors (Lipinski definition) is 6. The summed E-state index contributed by atoms with van der Waals surface area (Å²) in [6, 6.07) is 0. The third-order valence-electron chi connectivity index (χ3n) is 3.83. The van der Waals surface area contributed by atoms with Crippen LogP contribution in [0.1, 0.15) is 57.0 Å². The summed E-state index contributed by atoms with van der Waals surface area (Å²) in [5.74, 6) is -1.29. The van der Waals surface area contributed by atoms with Gasteiger partial charge in [0.1, 0.15) is 22.9 Å².